The van der Waals surface area contributed by atoms with Gasteiger partial charge in [-0.1, -0.05) is 26.0 Å². The van der Waals surface area contributed by atoms with E-state index in [4.69, 9.17) is 5.73 Å². The van der Waals surface area contributed by atoms with E-state index in [-0.39, 0.29) is 17.7 Å². The van der Waals surface area contributed by atoms with Gasteiger partial charge < -0.3 is 16.4 Å². The SMILES string of the molecule is CCc1ccc(C(=O)Nc2sccc2C(=O)NCC(C)CN)cc1. The summed E-state index contributed by atoms with van der Waals surface area (Å²) in [5.74, 6) is -0.208. The Hall–Kier alpha value is -2.18. The van der Waals surface area contributed by atoms with Crippen molar-refractivity contribution in [2.45, 2.75) is 20.3 Å². The third kappa shape index (κ3) is 4.66. The Morgan fingerprint density at radius 3 is 2.50 bits per heavy atom. The molecule has 0 saturated carbocycles. The highest BCUT2D eigenvalue weighted by atomic mass is 32.1. The first-order chi connectivity index (χ1) is 11.5. The zero-order valence-corrected chi connectivity index (χ0v) is 14.8. The Kier molecular flexibility index (Phi) is 6.52. The van der Waals surface area contributed by atoms with E-state index in [1.807, 2.05) is 19.1 Å². The molecule has 0 aliphatic rings. The van der Waals surface area contributed by atoms with Crippen LogP contribution >= 0.6 is 11.3 Å². The molecule has 5 nitrogen and oxygen atoms in total. The third-order valence-corrected chi connectivity index (χ3v) is 4.60. The largest absolute Gasteiger partial charge is 0.352 e. The maximum atomic E-state index is 12.3. The summed E-state index contributed by atoms with van der Waals surface area (Å²) in [6, 6.07) is 9.17. The molecular formula is C18H23N3O2S. The number of carbonyl (C=O) groups is 2. The fourth-order valence-corrected chi connectivity index (χ4v) is 2.88. The molecular weight excluding hydrogens is 322 g/mol. The first-order valence-corrected chi connectivity index (χ1v) is 8.89. The van der Waals surface area contributed by atoms with Crippen molar-refractivity contribution in [3.05, 3.63) is 52.4 Å². The minimum Gasteiger partial charge on any atom is -0.352 e. The topological polar surface area (TPSA) is 84.2 Å². The Labute approximate surface area is 146 Å². The zero-order chi connectivity index (χ0) is 17.5. The minimum atomic E-state index is -0.218. The number of nitrogens with two attached hydrogens (primary N) is 1. The summed E-state index contributed by atoms with van der Waals surface area (Å²) in [5.41, 5.74) is 7.78. The maximum absolute atomic E-state index is 12.3. The lowest BCUT2D eigenvalue weighted by molar-refractivity contribution is 0.0950. The van der Waals surface area contributed by atoms with E-state index in [1.165, 1.54) is 16.9 Å². The molecule has 2 rings (SSSR count). The van der Waals surface area contributed by atoms with Gasteiger partial charge in [-0.3, -0.25) is 9.59 Å². The van der Waals surface area contributed by atoms with Crippen LogP contribution in [0.2, 0.25) is 0 Å². The molecule has 1 unspecified atom stereocenters. The van der Waals surface area contributed by atoms with Crippen molar-refractivity contribution in [2.75, 3.05) is 18.4 Å². The summed E-state index contributed by atoms with van der Waals surface area (Å²) in [6.45, 7) is 5.06. The molecule has 0 radical (unpaired) electrons. The van der Waals surface area contributed by atoms with Gasteiger partial charge in [-0.15, -0.1) is 11.3 Å². The van der Waals surface area contributed by atoms with Crippen molar-refractivity contribution in [1.29, 1.82) is 0 Å². The van der Waals surface area contributed by atoms with Crippen molar-refractivity contribution in [2.24, 2.45) is 11.7 Å². The van der Waals surface area contributed by atoms with Gasteiger partial charge in [0.15, 0.2) is 0 Å². The highest BCUT2D eigenvalue weighted by Crippen LogP contribution is 2.24. The normalized spacial score (nSPS) is 11.8. The van der Waals surface area contributed by atoms with Gasteiger partial charge in [-0.2, -0.15) is 0 Å². The summed E-state index contributed by atoms with van der Waals surface area (Å²) < 4.78 is 0. The van der Waals surface area contributed by atoms with Crippen LogP contribution in [0.15, 0.2) is 35.7 Å². The predicted molar refractivity (Wildman–Crippen MR) is 98.6 cm³/mol. The number of aryl methyl sites for hydroxylation is 1. The number of benzene rings is 1. The van der Waals surface area contributed by atoms with Crippen molar-refractivity contribution in [3.8, 4) is 0 Å². The van der Waals surface area contributed by atoms with Crippen molar-refractivity contribution >= 4 is 28.2 Å². The zero-order valence-electron chi connectivity index (χ0n) is 14.0. The van der Waals surface area contributed by atoms with Crippen LogP contribution in [0.3, 0.4) is 0 Å². The molecule has 0 aliphatic heterocycles. The van der Waals surface area contributed by atoms with Crippen LogP contribution in [0.1, 0.15) is 40.1 Å². The first kappa shape index (κ1) is 18.2. The monoisotopic (exact) mass is 345 g/mol. The summed E-state index contributed by atoms with van der Waals surface area (Å²) in [7, 11) is 0. The Bertz CT molecular complexity index is 695. The van der Waals surface area contributed by atoms with E-state index in [9.17, 15) is 9.59 Å². The lowest BCUT2D eigenvalue weighted by Crippen LogP contribution is -2.31. The van der Waals surface area contributed by atoms with Crippen LogP contribution < -0.4 is 16.4 Å². The third-order valence-electron chi connectivity index (χ3n) is 3.77. The van der Waals surface area contributed by atoms with Crippen LogP contribution in [0.25, 0.3) is 0 Å². The van der Waals surface area contributed by atoms with Crippen molar-refractivity contribution < 1.29 is 9.59 Å². The number of amides is 2. The Morgan fingerprint density at radius 2 is 1.88 bits per heavy atom. The second-order valence-electron chi connectivity index (χ2n) is 5.72. The van der Waals surface area contributed by atoms with Crippen LogP contribution in [0.5, 0.6) is 0 Å². The fraction of sp³-hybridized carbons (Fsp3) is 0.333. The standard InChI is InChI=1S/C18H23N3O2S/c1-3-13-4-6-14(7-5-13)16(22)21-18-15(8-9-24-18)17(23)20-11-12(2)10-19/h4-9,12H,3,10-11,19H2,1-2H3,(H,20,23)(H,21,22). The van der Waals surface area contributed by atoms with Crippen molar-refractivity contribution in [3.63, 3.8) is 0 Å². The molecule has 24 heavy (non-hydrogen) atoms. The molecule has 1 aromatic heterocycles. The van der Waals surface area contributed by atoms with Gasteiger partial charge >= 0.3 is 0 Å². The molecule has 1 heterocycles. The predicted octanol–water partition coefficient (Wildman–Crippen LogP) is 2.89. The number of hydrogen-bond acceptors (Lipinski definition) is 4. The van der Waals surface area contributed by atoms with E-state index in [2.05, 4.69) is 17.6 Å². The van der Waals surface area contributed by atoms with Gasteiger partial charge in [0.2, 0.25) is 0 Å². The summed E-state index contributed by atoms with van der Waals surface area (Å²) in [6.07, 6.45) is 0.929. The lowest BCUT2D eigenvalue weighted by Gasteiger charge is -2.11. The molecule has 2 amide bonds. The van der Waals surface area contributed by atoms with Crippen molar-refractivity contribution in [1.82, 2.24) is 5.32 Å². The molecule has 0 bridgehead atoms. The minimum absolute atomic E-state index is 0.201. The molecule has 4 N–H and O–H groups in total. The number of thiophene rings is 1. The highest BCUT2D eigenvalue weighted by Gasteiger charge is 2.16. The van der Waals surface area contributed by atoms with E-state index in [0.717, 1.165) is 6.42 Å². The Balaban J connectivity index is 2.03. The number of hydrogen-bond donors (Lipinski definition) is 3. The second kappa shape index (κ2) is 8.61. The van der Waals surface area contributed by atoms with E-state index >= 15 is 0 Å². The van der Waals surface area contributed by atoms with Crippen LogP contribution in [-0.4, -0.2) is 24.9 Å². The number of carbonyl (C=O) groups excluding carboxylic acids is 2. The average molecular weight is 345 g/mol. The molecule has 0 spiro atoms. The number of anilines is 1. The van der Waals surface area contributed by atoms with Crippen LogP contribution in [0, 0.1) is 5.92 Å². The van der Waals surface area contributed by atoms with Gasteiger partial charge in [-0.05, 0) is 48.0 Å². The molecule has 0 fully saturated rings. The molecule has 2 aromatic rings. The molecule has 1 atom stereocenters. The molecule has 0 aliphatic carbocycles. The first-order valence-electron chi connectivity index (χ1n) is 8.01. The molecule has 128 valence electrons. The molecule has 6 heteroatoms. The molecule has 1 aromatic carbocycles. The summed E-state index contributed by atoms with van der Waals surface area (Å²) in [5, 5.41) is 8.00. The van der Waals surface area contributed by atoms with E-state index in [0.29, 0.717) is 29.2 Å². The summed E-state index contributed by atoms with van der Waals surface area (Å²) in [4.78, 5) is 24.6. The fourth-order valence-electron chi connectivity index (χ4n) is 2.10. The van der Waals surface area contributed by atoms with Gasteiger partial charge in [0, 0.05) is 12.1 Å². The Morgan fingerprint density at radius 1 is 1.17 bits per heavy atom. The van der Waals surface area contributed by atoms with E-state index in [1.54, 1.807) is 23.6 Å². The van der Waals surface area contributed by atoms with Crippen LogP contribution in [0.4, 0.5) is 5.00 Å². The molecule has 0 saturated heterocycles. The van der Waals surface area contributed by atoms with E-state index < -0.39 is 0 Å². The van der Waals surface area contributed by atoms with Gasteiger partial charge in [0.25, 0.3) is 11.8 Å². The summed E-state index contributed by atoms with van der Waals surface area (Å²) >= 11 is 1.33. The second-order valence-corrected chi connectivity index (χ2v) is 6.64. The smallest absolute Gasteiger partial charge is 0.256 e. The quantitative estimate of drug-likeness (QED) is 0.721. The number of rotatable bonds is 7. The van der Waals surface area contributed by atoms with Crippen LogP contribution in [-0.2, 0) is 6.42 Å². The average Bonchev–Trinajstić information content (AvgIpc) is 3.07. The van der Waals surface area contributed by atoms with Gasteiger partial charge in [0.1, 0.15) is 5.00 Å². The lowest BCUT2D eigenvalue weighted by atomic mass is 10.1. The van der Waals surface area contributed by atoms with Gasteiger partial charge in [-0.25, -0.2) is 0 Å². The van der Waals surface area contributed by atoms with Gasteiger partial charge in [0.05, 0.1) is 5.56 Å². The maximum Gasteiger partial charge on any atom is 0.256 e. The number of nitrogens with one attached hydrogen (secondary N) is 2. The highest BCUT2D eigenvalue weighted by molar-refractivity contribution is 7.14.